The molecule has 0 radical (unpaired) electrons. The van der Waals surface area contributed by atoms with Gasteiger partial charge in [-0.1, -0.05) is 11.4 Å². The third-order valence-electron chi connectivity index (χ3n) is 0.565. The lowest BCUT2D eigenvalue weighted by Gasteiger charge is -2.04. The average Bonchev–Trinajstić information content (AvgIpc) is 1.57. The van der Waals surface area contributed by atoms with Crippen LogP contribution in [-0.2, 0) is 0 Å². The Morgan fingerprint density at radius 1 is 0.900 bits per heavy atom. The largest absolute Gasteiger partial charge is 0.365 e. The van der Waals surface area contributed by atoms with Crippen molar-refractivity contribution >= 4 is 68.1 Å². The van der Waals surface area contributed by atoms with Crippen molar-refractivity contribution in [3.05, 3.63) is 11.4 Å². The zero-order chi connectivity index (χ0) is 8.41. The van der Waals surface area contributed by atoms with Gasteiger partial charge < -0.3 is 0 Å². The SMILES string of the molecule is C[Si](Cl)(Cl)/C=C/[Si](Cl)(Cl)Cl. The van der Waals surface area contributed by atoms with Crippen molar-refractivity contribution in [3.8, 4) is 0 Å². The van der Waals surface area contributed by atoms with E-state index in [4.69, 9.17) is 55.4 Å². The van der Waals surface area contributed by atoms with Crippen molar-refractivity contribution in [2.24, 2.45) is 0 Å². The number of hydrogen-bond donors (Lipinski definition) is 0. The highest BCUT2D eigenvalue weighted by atomic mass is 35.8. The first kappa shape index (κ1) is 11.6. The van der Waals surface area contributed by atoms with Crippen LogP contribution in [0.15, 0.2) is 11.4 Å². The second-order valence-electron chi connectivity index (χ2n) is 1.83. The quantitative estimate of drug-likeness (QED) is 0.530. The van der Waals surface area contributed by atoms with Crippen molar-refractivity contribution < 1.29 is 0 Å². The van der Waals surface area contributed by atoms with Crippen LogP contribution in [0.3, 0.4) is 0 Å². The van der Waals surface area contributed by atoms with Gasteiger partial charge in [0.05, 0.1) is 0 Å². The molecule has 0 N–H and O–H groups in total. The normalized spacial score (nSPS) is 14.6. The predicted molar refractivity (Wildman–Crippen MR) is 55.8 cm³/mol. The minimum absolute atomic E-state index is 1.50. The molecule has 0 amide bonds. The molecule has 0 spiro atoms. The monoisotopic (exact) mass is 272 g/mol. The Labute approximate surface area is 85.6 Å². The highest BCUT2D eigenvalue weighted by Crippen LogP contribution is 2.24. The summed E-state index contributed by atoms with van der Waals surface area (Å²) in [5.41, 5.74) is 3.11. The van der Waals surface area contributed by atoms with Crippen LogP contribution in [0.5, 0.6) is 0 Å². The molecule has 0 fully saturated rings. The van der Waals surface area contributed by atoms with Gasteiger partial charge in [0, 0.05) is 0 Å². The Kier molecular flexibility index (Phi) is 4.69. The van der Waals surface area contributed by atoms with Crippen molar-refractivity contribution in [3.63, 3.8) is 0 Å². The first-order valence-corrected chi connectivity index (χ1v) is 12.1. The molecule has 0 nitrogen and oxygen atoms in total. The van der Waals surface area contributed by atoms with Gasteiger partial charge in [-0.2, -0.15) is 0 Å². The van der Waals surface area contributed by atoms with Crippen LogP contribution in [0.25, 0.3) is 0 Å². The maximum absolute atomic E-state index is 5.70. The first-order valence-electron chi connectivity index (χ1n) is 2.36. The lowest BCUT2D eigenvalue weighted by Crippen LogP contribution is -2.12. The van der Waals surface area contributed by atoms with Gasteiger partial charge in [0.2, 0.25) is 0 Å². The van der Waals surface area contributed by atoms with Crippen LogP contribution in [0, 0.1) is 0 Å². The van der Waals surface area contributed by atoms with Crippen molar-refractivity contribution in [1.29, 1.82) is 0 Å². The standard InChI is InChI=1S/C3H5Cl5Si2/c1-9(4,5)2-3-10(6,7)8/h2-3H,1H3/b3-2+. The number of rotatable bonds is 2. The van der Waals surface area contributed by atoms with Crippen LogP contribution in [0.1, 0.15) is 0 Å². The van der Waals surface area contributed by atoms with Crippen molar-refractivity contribution in [2.75, 3.05) is 0 Å². The molecule has 0 rings (SSSR count). The van der Waals surface area contributed by atoms with Gasteiger partial charge in [-0.25, -0.2) is 0 Å². The minimum atomic E-state index is -2.67. The van der Waals surface area contributed by atoms with E-state index in [1.165, 1.54) is 5.70 Å². The summed E-state index contributed by atoms with van der Waals surface area (Å²) in [6, 6.07) is -2.67. The van der Waals surface area contributed by atoms with Gasteiger partial charge in [-0.05, 0) is 6.55 Å². The molecule has 0 bridgehead atoms. The van der Waals surface area contributed by atoms with E-state index >= 15 is 0 Å². The smallest absolute Gasteiger partial charge is 0.141 e. The lowest BCUT2D eigenvalue weighted by atomic mass is 11.2. The molecule has 0 saturated carbocycles. The predicted octanol–water partition coefficient (Wildman–Crippen LogP) is 3.83. The van der Waals surface area contributed by atoms with E-state index in [1.807, 2.05) is 0 Å². The Balaban J connectivity index is 4.01. The molecule has 0 aromatic heterocycles. The molecule has 7 heteroatoms. The molecular formula is C3H5Cl5Si2. The highest BCUT2D eigenvalue weighted by molar-refractivity contribution is 7.67. The van der Waals surface area contributed by atoms with Gasteiger partial charge in [-0.15, -0.1) is 55.4 Å². The summed E-state index contributed by atoms with van der Waals surface area (Å²) in [5.74, 6) is 0. The molecule has 0 aliphatic carbocycles. The Bertz CT molecular complexity index is 115. The summed E-state index contributed by atoms with van der Waals surface area (Å²) in [6.07, 6.45) is 0. The molecule has 0 unspecified atom stereocenters. The Morgan fingerprint density at radius 3 is 1.40 bits per heavy atom. The molecule has 0 aliphatic heterocycles. The van der Waals surface area contributed by atoms with Crippen molar-refractivity contribution in [2.45, 2.75) is 6.55 Å². The second-order valence-corrected chi connectivity index (χ2v) is 17.9. The number of hydrogen-bond acceptors (Lipinski definition) is 0. The molecule has 0 saturated heterocycles. The fraction of sp³-hybridized carbons (Fsp3) is 0.333. The third-order valence-corrected chi connectivity index (χ3v) is 4.08. The molecule has 0 atom stereocenters. The first-order chi connectivity index (χ1) is 4.21. The summed E-state index contributed by atoms with van der Waals surface area (Å²) < 4.78 is 0. The van der Waals surface area contributed by atoms with Gasteiger partial charge >= 0.3 is 6.00 Å². The molecule has 0 aromatic rings. The molecule has 10 heavy (non-hydrogen) atoms. The summed E-state index contributed by atoms with van der Waals surface area (Å²) in [5, 5.41) is 0. The molecular weight excluding hydrogens is 269 g/mol. The Hall–Kier alpha value is 1.62. The van der Waals surface area contributed by atoms with Crippen LogP contribution in [0.4, 0.5) is 0 Å². The molecule has 60 valence electrons. The van der Waals surface area contributed by atoms with E-state index in [1.54, 1.807) is 12.2 Å². The van der Waals surface area contributed by atoms with E-state index in [-0.39, 0.29) is 0 Å². The maximum Gasteiger partial charge on any atom is 0.365 e. The van der Waals surface area contributed by atoms with E-state index in [2.05, 4.69) is 0 Å². The van der Waals surface area contributed by atoms with Crippen LogP contribution in [-0.4, -0.2) is 12.7 Å². The van der Waals surface area contributed by atoms with Gasteiger partial charge in [0.1, 0.15) is 0 Å². The van der Waals surface area contributed by atoms with Crippen LogP contribution in [0.2, 0.25) is 6.55 Å². The van der Waals surface area contributed by atoms with E-state index < -0.39 is 12.7 Å². The summed E-state index contributed by atoms with van der Waals surface area (Å²) in [7, 11) is 0. The molecule has 0 aliphatic rings. The van der Waals surface area contributed by atoms with E-state index in [9.17, 15) is 0 Å². The third kappa shape index (κ3) is 9.62. The summed E-state index contributed by atoms with van der Waals surface area (Å²) >= 11 is 28.0. The summed E-state index contributed by atoms with van der Waals surface area (Å²) in [6.45, 7) is -0.488. The van der Waals surface area contributed by atoms with Gasteiger partial charge in [0.15, 0.2) is 0 Å². The maximum atomic E-state index is 5.70. The number of halogens is 5. The van der Waals surface area contributed by atoms with Crippen LogP contribution < -0.4 is 0 Å². The average molecular weight is 275 g/mol. The second kappa shape index (κ2) is 4.03. The fourth-order valence-corrected chi connectivity index (χ4v) is 5.00. The summed E-state index contributed by atoms with van der Waals surface area (Å²) in [4.78, 5) is 0. The van der Waals surface area contributed by atoms with Crippen molar-refractivity contribution in [1.82, 2.24) is 0 Å². The minimum Gasteiger partial charge on any atom is -0.141 e. The van der Waals surface area contributed by atoms with Gasteiger partial charge in [-0.3, -0.25) is 0 Å². The van der Waals surface area contributed by atoms with E-state index in [0.29, 0.717) is 0 Å². The topological polar surface area (TPSA) is 0 Å². The molecule has 0 heterocycles. The lowest BCUT2D eigenvalue weighted by molar-refractivity contribution is 2.16. The van der Waals surface area contributed by atoms with Crippen LogP contribution >= 0.6 is 55.4 Å². The zero-order valence-corrected chi connectivity index (χ0v) is 10.8. The van der Waals surface area contributed by atoms with Gasteiger partial charge in [0.25, 0.3) is 6.69 Å². The fourth-order valence-electron chi connectivity index (χ4n) is 0.241. The zero-order valence-electron chi connectivity index (χ0n) is 5.04. The Morgan fingerprint density at radius 2 is 1.30 bits per heavy atom. The molecule has 0 aromatic carbocycles. The van der Waals surface area contributed by atoms with E-state index in [0.717, 1.165) is 0 Å². The highest BCUT2D eigenvalue weighted by Gasteiger charge is 2.24.